The van der Waals surface area contributed by atoms with E-state index in [-0.39, 0.29) is 5.78 Å². The zero-order valence-corrected chi connectivity index (χ0v) is 15.6. The number of aliphatic imine (C=N–C) groups is 1. The van der Waals surface area contributed by atoms with Gasteiger partial charge in [0.15, 0.2) is 5.78 Å². The Labute approximate surface area is 155 Å². The lowest BCUT2D eigenvalue weighted by atomic mass is 10.1. The van der Waals surface area contributed by atoms with Crippen LogP contribution in [-0.2, 0) is 0 Å². The van der Waals surface area contributed by atoms with Crippen molar-refractivity contribution in [2.24, 2.45) is 4.99 Å². The number of Topliss-reactive ketones (excluding diaryl/α,β-unsaturated/α-hetero) is 1. The van der Waals surface area contributed by atoms with E-state index in [9.17, 15) is 4.79 Å². The molecule has 0 unspecified atom stereocenters. The van der Waals surface area contributed by atoms with Crippen molar-refractivity contribution < 1.29 is 9.53 Å². The fourth-order valence-corrected chi connectivity index (χ4v) is 3.17. The van der Waals surface area contributed by atoms with E-state index in [2.05, 4.69) is 30.0 Å². The average molecular weight is 350 g/mol. The summed E-state index contributed by atoms with van der Waals surface area (Å²) in [5, 5.41) is 0. The average Bonchev–Trinajstić information content (AvgIpc) is 2.67. The Kier molecular flexibility index (Phi) is 6.05. The Morgan fingerprint density at radius 1 is 1.15 bits per heavy atom. The lowest BCUT2D eigenvalue weighted by Crippen LogP contribution is -2.37. The molecule has 1 aliphatic rings. The van der Waals surface area contributed by atoms with Gasteiger partial charge in [0.1, 0.15) is 11.6 Å². The highest BCUT2D eigenvalue weighted by atomic mass is 16.5. The van der Waals surface area contributed by atoms with Crippen LogP contribution in [0.1, 0.15) is 42.1 Å². The summed E-state index contributed by atoms with van der Waals surface area (Å²) in [6, 6.07) is 15.6. The third-order valence-electron chi connectivity index (χ3n) is 4.52. The summed E-state index contributed by atoms with van der Waals surface area (Å²) in [4.78, 5) is 19.7. The normalized spacial score (nSPS) is 13.8. The lowest BCUT2D eigenvalue weighted by Gasteiger charge is -2.28. The van der Waals surface area contributed by atoms with Crippen LogP contribution in [0.5, 0.6) is 5.75 Å². The van der Waals surface area contributed by atoms with Gasteiger partial charge in [0, 0.05) is 24.2 Å². The van der Waals surface area contributed by atoms with Crippen molar-refractivity contribution in [2.45, 2.75) is 33.1 Å². The van der Waals surface area contributed by atoms with Crippen molar-refractivity contribution >= 4 is 17.3 Å². The van der Waals surface area contributed by atoms with E-state index >= 15 is 0 Å². The first-order valence-corrected chi connectivity index (χ1v) is 9.31. The van der Waals surface area contributed by atoms with E-state index in [0.29, 0.717) is 18.7 Å². The molecule has 0 atom stereocenters. The second-order valence-electron chi connectivity index (χ2n) is 6.56. The van der Waals surface area contributed by atoms with Crippen molar-refractivity contribution in [3.05, 3.63) is 59.7 Å². The Balaban J connectivity index is 1.82. The van der Waals surface area contributed by atoms with E-state index in [1.807, 2.05) is 37.3 Å². The van der Waals surface area contributed by atoms with E-state index in [1.165, 1.54) is 5.56 Å². The Bertz CT molecular complexity index is 781. The summed E-state index contributed by atoms with van der Waals surface area (Å²) < 4.78 is 5.46. The summed E-state index contributed by atoms with van der Waals surface area (Å²) in [6.45, 7) is 5.78. The standard InChI is InChI=1S/C22H26N2O2/c1-3-26-20-12-10-18(11-13-20)21(25)16-24(22-9-4-5-14-23-22)19-8-6-7-17(2)15-19/h6-8,10-13,15H,3-5,9,14,16H2,1-2H3. The van der Waals surface area contributed by atoms with Crippen LogP contribution in [0, 0.1) is 6.92 Å². The fraction of sp³-hybridized carbons (Fsp3) is 0.364. The molecule has 0 spiro atoms. The van der Waals surface area contributed by atoms with Crippen LogP contribution < -0.4 is 9.64 Å². The fourth-order valence-electron chi connectivity index (χ4n) is 3.17. The number of carbonyl (C=O) groups is 1. The molecule has 26 heavy (non-hydrogen) atoms. The lowest BCUT2D eigenvalue weighted by molar-refractivity contribution is 0.100. The summed E-state index contributed by atoms with van der Waals surface area (Å²) in [6.07, 6.45) is 3.17. The summed E-state index contributed by atoms with van der Waals surface area (Å²) in [5.41, 5.74) is 2.91. The van der Waals surface area contributed by atoms with Gasteiger partial charge in [-0.3, -0.25) is 9.79 Å². The van der Waals surface area contributed by atoms with Crippen molar-refractivity contribution in [3.8, 4) is 5.75 Å². The van der Waals surface area contributed by atoms with Crippen molar-refractivity contribution in [2.75, 3.05) is 24.6 Å². The predicted octanol–water partition coefficient (Wildman–Crippen LogP) is 4.67. The van der Waals surface area contributed by atoms with E-state index in [4.69, 9.17) is 9.73 Å². The maximum Gasteiger partial charge on any atom is 0.182 e. The molecule has 1 heterocycles. The second kappa shape index (κ2) is 8.65. The molecular formula is C22H26N2O2. The van der Waals surface area contributed by atoms with E-state index < -0.39 is 0 Å². The van der Waals surface area contributed by atoms with Crippen LogP contribution in [0.25, 0.3) is 0 Å². The Hall–Kier alpha value is -2.62. The quantitative estimate of drug-likeness (QED) is 0.711. The molecule has 0 radical (unpaired) electrons. The molecule has 0 aliphatic carbocycles. The number of ketones is 1. The molecule has 0 amide bonds. The minimum absolute atomic E-state index is 0.0860. The SMILES string of the molecule is CCOc1ccc(C(=O)CN(C2=NCCCC2)c2cccc(C)c2)cc1. The molecule has 4 heteroatoms. The maximum atomic E-state index is 12.9. The van der Waals surface area contributed by atoms with E-state index in [1.54, 1.807) is 0 Å². The number of rotatable bonds is 6. The second-order valence-corrected chi connectivity index (χ2v) is 6.56. The number of hydrogen-bond donors (Lipinski definition) is 0. The number of nitrogens with zero attached hydrogens (tertiary/aromatic N) is 2. The third-order valence-corrected chi connectivity index (χ3v) is 4.52. The smallest absolute Gasteiger partial charge is 0.182 e. The van der Waals surface area contributed by atoms with Crippen molar-refractivity contribution in [1.82, 2.24) is 0 Å². The molecule has 3 rings (SSSR count). The summed E-state index contributed by atoms with van der Waals surface area (Å²) >= 11 is 0. The molecule has 1 aliphatic heterocycles. The molecular weight excluding hydrogens is 324 g/mol. The van der Waals surface area contributed by atoms with Gasteiger partial charge in [-0.25, -0.2) is 0 Å². The van der Waals surface area contributed by atoms with Gasteiger partial charge < -0.3 is 9.64 Å². The maximum absolute atomic E-state index is 12.9. The van der Waals surface area contributed by atoms with E-state index in [0.717, 1.165) is 43.1 Å². The van der Waals surface area contributed by atoms with Gasteiger partial charge in [-0.15, -0.1) is 0 Å². The Morgan fingerprint density at radius 3 is 2.62 bits per heavy atom. The minimum atomic E-state index is 0.0860. The molecule has 0 saturated carbocycles. The highest BCUT2D eigenvalue weighted by Gasteiger charge is 2.20. The zero-order valence-electron chi connectivity index (χ0n) is 15.6. The molecule has 4 nitrogen and oxygen atoms in total. The van der Waals surface area contributed by atoms with Gasteiger partial charge >= 0.3 is 0 Å². The molecule has 0 aromatic heterocycles. The number of benzene rings is 2. The monoisotopic (exact) mass is 350 g/mol. The highest BCUT2D eigenvalue weighted by molar-refractivity contribution is 6.07. The van der Waals surface area contributed by atoms with Gasteiger partial charge in [0.05, 0.1) is 13.2 Å². The largest absolute Gasteiger partial charge is 0.494 e. The molecule has 0 bridgehead atoms. The number of anilines is 1. The molecule has 0 saturated heterocycles. The van der Waals surface area contributed by atoms with Gasteiger partial charge in [-0.05, 0) is 68.7 Å². The number of aryl methyl sites for hydroxylation is 1. The van der Waals surface area contributed by atoms with Crippen molar-refractivity contribution in [3.63, 3.8) is 0 Å². The third kappa shape index (κ3) is 4.51. The predicted molar refractivity (Wildman–Crippen MR) is 107 cm³/mol. The Morgan fingerprint density at radius 2 is 1.96 bits per heavy atom. The first-order chi connectivity index (χ1) is 12.7. The number of amidine groups is 1. The molecule has 0 fully saturated rings. The van der Waals surface area contributed by atoms with Gasteiger partial charge in [-0.2, -0.15) is 0 Å². The minimum Gasteiger partial charge on any atom is -0.494 e. The highest BCUT2D eigenvalue weighted by Crippen LogP contribution is 2.21. The van der Waals surface area contributed by atoms with Crippen LogP contribution in [-0.4, -0.2) is 31.3 Å². The molecule has 2 aromatic carbocycles. The number of hydrogen-bond acceptors (Lipinski definition) is 4. The van der Waals surface area contributed by atoms with Crippen LogP contribution in [0.15, 0.2) is 53.5 Å². The first kappa shape index (κ1) is 18.2. The van der Waals surface area contributed by atoms with Crippen LogP contribution >= 0.6 is 0 Å². The number of carbonyl (C=O) groups excluding carboxylic acids is 1. The molecule has 2 aromatic rings. The van der Waals surface area contributed by atoms with Gasteiger partial charge in [0.25, 0.3) is 0 Å². The zero-order chi connectivity index (χ0) is 18.4. The molecule has 0 N–H and O–H groups in total. The van der Waals surface area contributed by atoms with Gasteiger partial charge in [-0.1, -0.05) is 12.1 Å². The number of ether oxygens (including phenoxy) is 1. The first-order valence-electron chi connectivity index (χ1n) is 9.31. The summed E-state index contributed by atoms with van der Waals surface area (Å²) in [7, 11) is 0. The van der Waals surface area contributed by atoms with Crippen LogP contribution in [0.4, 0.5) is 5.69 Å². The van der Waals surface area contributed by atoms with Gasteiger partial charge in [0.2, 0.25) is 0 Å². The van der Waals surface area contributed by atoms with Crippen LogP contribution in [0.2, 0.25) is 0 Å². The molecule has 136 valence electrons. The summed E-state index contributed by atoms with van der Waals surface area (Å²) in [5.74, 6) is 1.89. The topological polar surface area (TPSA) is 41.9 Å². The van der Waals surface area contributed by atoms with Crippen molar-refractivity contribution in [1.29, 1.82) is 0 Å². The van der Waals surface area contributed by atoms with Crippen LogP contribution in [0.3, 0.4) is 0 Å².